The highest BCUT2D eigenvalue weighted by Gasteiger charge is 2.21. The molecule has 3 aliphatic carbocycles. The van der Waals surface area contributed by atoms with Crippen LogP contribution in [0.5, 0.6) is 5.75 Å². The van der Waals surface area contributed by atoms with Crippen LogP contribution in [0.4, 0.5) is 0 Å². The summed E-state index contributed by atoms with van der Waals surface area (Å²) in [7, 11) is 0. The van der Waals surface area contributed by atoms with Gasteiger partial charge in [-0.3, -0.25) is 0 Å². The maximum absolute atomic E-state index is 11.2. The van der Waals surface area contributed by atoms with Gasteiger partial charge in [-0.15, -0.1) is 0 Å². The fourth-order valence-corrected chi connectivity index (χ4v) is 4.56. The zero-order valence-corrected chi connectivity index (χ0v) is 14.4. The molecule has 0 radical (unpaired) electrons. The maximum atomic E-state index is 11.2. The summed E-state index contributed by atoms with van der Waals surface area (Å²) >= 11 is 0. The Balaban J connectivity index is 1.86. The largest absolute Gasteiger partial charge is 0.507 e. The van der Waals surface area contributed by atoms with E-state index in [-0.39, 0.29) is 0 Å². The number of allylic oxidation sites excluding steroid dienone is 4. The summed E-state index contributed by atoms with van der Waals surface area (Å²) < 4.78 is 0. The van der Waals surface area contributed by atoms with Crippen molar-refractivity contribution in [2.75, 3.05) is 0 Å². The summed E-state index contributed by atoms with van der Waals surface area (Å²) in [6.45, 7) is 0. The molecule has 0 spiro atoms. The first kappa shape index (κ1) is 14.8. The lowest BCUT2D eigenvalue weighted by Crippen LogP contribution is -2.20. The lowest BCUT2D eigenvalue weighted by Gasteiger charge is -2.18. The Morgan fingerprint density at radius 1 is 0.920 bits per heavy atom. The molecular formula is C24H22O. The molecule has 1 nitrogen and oxygen atoms in total. The predicted molar refractivity (Wildman–Crippen MR) is 105 cm³/mol. The van der Waals surface area contributed by atoms with Gasteiger partial charge < -0.3 is 5.11 Å². The van der Waals surface area contributed by atoms with Crippen molar-refractivity contribution < 1.29 is 5.11 Å². The predicted octanol–water partition coefficient (Wildman–Crippen LogP) is 4.66. The second-order valence-electron chi connectivity index (χ2n) is 7.33. The molecule has 0 aliphatic heterocycles. The highest BCUT2D eigenvalue weighted by atomic mass is 16.3. The van der Waals surface area contributed by atoms with E-state index < -0.39 is 0 Å². The molecule has 1 saturated carbocycles. The van der Waals surface area contributed by atoms with E-state index in [1.807, 2.05) is 0 Å². The van der Waals surface area contributed by atoms with Crippen molar-refractivity contribution in [2.24, 2.45) is 0 Å². The van der Waals surface area contributed by atoms with Gasteiger partial charge in [-0.1, -0.05) is 54.5 Å². The van der Waals surface area contributed by atoms with E-state index >= 15 is 0 Å². The molecule has 3 aliphatic rings. The van der Waals surface area contributed by atoms with E-state index in [1.165, 1.54) is 52.3 Å². The maximum Gasteiger partial charge on any atom is 0.131 e. The van der Waals surface area contributed by atoms with Crippen LogP contribution in [0.2, 0.25) is 0 Å². The summed E-state index contributed by atoms with van der Waals surface area (Å²) in [5, 5.41) is 13.5. The van der Waals surface area contributed by atoms with Crippen LogP contribution in [0, 0.1) is 0 Å². The first-order chi connectivity index (χ1) is 12.3. The molecule has 0 heterocycles. The van der Waals surface area contributed by atoms with Gasteiger partial charge in [0.15, 0.2) is 0 Å². The Morgan fingerprint density at radius 3 is 2.56 bits per heavy atom. The van der Waals surface area contributed by atoms with Crippen LogP contribution in [0.15, 0.2) is 48.6 Å². The van der Waals surface area contributed by atoms with Gasteiger partial charge in [0.05, 0.1) is 0 Å². The molecule has 0 aromatic heterocycles. The molecular weight excluding hydrogens is 304 g/mol. The van der Waals surface area contributed by atoms with Crippen LogP contribution in [0.1, 0.15) is 49.7 Å². The van der Waals surface area contributed by atoms with Gasteiger partial charge in [0.2, 0.25) is 0 Å². The topological polar surface area (TPSA) is 20.2 Å². The second-order valence-corrected chi connectivity index (χ2v) is 7.33. The fraction of sp³-hybridized carbons (Fsp3) is 0.250. The lowest BCUT2D eigenvalue weighted by molar-refractivity contribution is 0.469. The monoisotopic (exact) mass is 326 g/mol. The second kappa shape index (κ2) is 5.77. The summed E-state index contributed by atoms with van der Waals surface area (Å²) in [5.74, 6) is 0.469. The van der Waals surface area contributed by atoms with Gasteiger partial charge in [-0.25, -0.2) is 0 Å². The first-order valence-electron chi connectivity index (χ1n) is 9.38. The minimum Gasteiger partial charge on any atom is -0.507 e. The van der Waals surface area contributed by atoms with E-state index in [1.54, 1.807) is 0 Å². The molecule has 0 amide bonds. The van der Waals surface area contributed by atoms with E-state index in [4.69, 9.17) is 0 Å². The Kier molecular flexibility index (Phi) is 3.41. The molecule has 0 unspecified atom stereocenters. The summed E-state index contributed by atoms with van der Waals surface area (Å²) in [6, 6.07) is 10.8. The Labute approximate surface area is 148 Å². The zero-order valence-electron chi connectivity index (χ0n) is 14.4. The molecule has 0 atom stereocenters. The van der Waals surface area contributed by atoms with Crippen molar-refractivity contribution in [1.82, 2.24) is 0 Å². The molecule has 1 N–H and O–H groups in total. The van der Waals surface area contributed by atoms with Gasteiger partial charge >= 0.3 is 0 Å². The minimum atomic E-state index is 0.469. The molecule has 0 bridgehead atoms. The van der Waals surface area contributed by atoms with E-state index in [0.717, 1.165) is 30.0 Å². The molecule has 25 heavy (non-hydrogen) atoms. The minimum absolute atomic E-state index is 0.469. The van der Waals surface area contributed by atoms with Crippen molar-refractivity contribution in [3.8, 4) is 16.9 Å². The van der Waals surface area contributed by atoms with Gasteiger partial charge in [0.1, 0.15) is 5.75 Å². The van der Waals surface area contributed by atoms with Gasteiger partial charge in [-0.05, 0) is 71.7 Å². The third-order valence-electron chi connectivity index (χ3n) is 5.82. The Bertz CT molecular complexity index is 1040. The summed E-state index contributed by atoms with van der Waals surface area (Å²) in [6.07, 6.45) is 15.7. The standard InChI is InChI=1S/C24H22O/c25-24-22-14-18-12-6-7-13-19(18)21(22)15-20(16-8-2-1-3-9-16)23(24)17-10-4-5-11-17/h4-7,10,12-15,25H,1-3,8-9,11H2. The average Bonchev–Trinajstić information content (AvgIpc) is 3.30. The van der Waals surface area contributed by atoms with Crippen molar-refractivity contribution in [3.05, 3.63) is 70.1 Å². The number of aromatic hydroxyl groups is 1. The number of hydrogen-bond donors (Lipinski definition) is 1. The highest BCUT2D eigenvalue weighted by Crippen LogP contribution is 2.34. The van der Waals surface area contributed by atoms with Gasteiger partial charge in [-0.2, -0.15) is 0 Å². The normalized spacial score (nSPS) is 17.9. The zero-order chi connectivity index (χ0) is 16.8. The van der Waals surface area contributed by atoms with E-state index in [2.05, 4.69) is 54.6 Å². The number of rotatable bonds is 1. The van der Waals surface area contributed by atoms with Crippen LogP contribution >= 0.6 is 0 Å². The number of phenols is 1. The van der Waals surface area contributed by atoms with Crippen molar-refractivity contribution in [2.45, 2.75) is 38.5 Å². The molecule has 2 aromatic rings. The third kappa shape index (κ3) is 2.30. The number of phenolic OH excluding ortho intramolecular Hbond substituents is 1. The van der Waals surface area contributed by atoms with Crippen LogP contribution in [-0.2, 0) is 0 Å². The summed E-state index contributed by atoms with van der Waals surface area (Å²) in [5.41, 5.74) is 7.49. The Morgan fingerprint density at radius 2 is 1.76 bits per heavy atom. The molecule has 2 aromatic carbocycles. The average molecular weight is 326 g/mol. The van der Waals surface area contributed by atoms with Crippen LogP contribution in [0.3, 0.4) is 0 Å². The van der Waals surface area contributed by atoms with Crippen molar-refractivity contribution in [1.29, 1.82) is 0 Å². The van der Waals surface area contributed by atoms with Crippen LogP contribution < -0.4 is 10.4 Å². The lowest BCUT2D eigenvalue weighted by atomic mass is 9.88. The fourth-order valence-electron chi connectivity index (χ4n) is 4.56. The third-order valence-corrected chi connectivity index (χ3v) is 5.82. The van der Waals surface area contributed by atoms with Crippen molar-refractivity contribution in [3.63, 3.8) is 0 Å². The van der Waals surface area contributed by atoms with Crippen molar-refractivity contribution >= 4 is 17.2 Å². The number of fused-ring (bicyclic) bond motifs is 3. The van der Waals surface area contributed by atoms with Gasteiger partial charge in [0.25, 0.3) is 0 Å². The molecule has 5 rings (SSSR count). The number of hydrogen-bond acceptors (Lipinski definition) is 1. The molecule has 1 fully saturated rings. The van der Waals surface area contributed by atoms with Gasteiger partial charge in [0, 0.05) is 10.8 Å². The SMILES string of the molecule is Oc1c(C2=CC=CC2)c(=C2CCCCC2)cc2c1=Cc1ccccc1-2. The smallest absolute Gasteiger partial charge is 0.131 e. The highest BCUT2D eigenvalue weighted by molar-refractivity contribution is 5.88. The summed E-state index contributed by atoms with van der Waals surface area (Å²) in [4.78, 5) is 0. The molecule has 1 heteroatoms. The number of benzene rings is 2. The van der Waals surface area contributed by atoms with Crippen LogP contribution in [-0.4, -0.2) is 5.11 Å². The Hall–Kier alpha value is -2.54. The van der Waals surface area contributed by atoms with E-state index in [9.17, 15) is 5.11 Å². The molecule has 0 saturated heterocycles. The molecule has 124 valence electrons. The quantitative estimate of drug-likeness (QED) is 0.689. The van der Waals surface area contributed by atoms with Crippen LogP contribution in [0.25, 0.3) is 28.3 Å². The van der Waals surface area contributed by atoms with E-state index in [0.29, 0.717) is 5.75 Å². The first-order valence-corrected chi connectivity index (χ1v) is 9.38.